The van der Waals surface area contributed by atoms with Gasteiger partial charge in [-0.2, -0.15) is 5.10 Å². The van der Waals surface area contributed by atoms with Crippen molar-refractivity contribution in [1.29, 1.82) is 0 Å². The van der Waals surface area contributed by atoms with Gasteiger partial charge in [-0.3, -0.25) is 14.5 Å². The van der Waals surface area contributed by atoms with Gasteiger partial charge in [0, 0.05) is 25.5 Å². The van der Waals surface area contributed by atoms with Gasteiger partial charge in [0.2, 0.25) is 0 Å². The number of nitrogens with zero attached hydrogens (tertiary/aromatic N) is 3. The summed E-state index contributed by atoms with van der Waals surface area (Å²) in [5, 5.41) is 7.08. The Labute approximate surface area is 116 Å². The minimum atomic E-state index is -0.247. The van der Waals surface area contributed by atoms with Gasteiger partial charge in [-0.15, -0.1) is 0 Å². The molecule has 2 aromatic heterocycles. The molecule has 0 saturated heterocycles. The topological polar surface area (TPSA) is 59.8 Å². The molecule has 2 rings (SSSR count). The van der Waals surface area contributed by atoms with Gasteiger partial charge >= 0.3 is 0 Å². The molecule has 0 saturated carbocycles. The van der Waals surface area contributed by atoms with Crippen LogP contribution in [0.2, 0.25) is 5.02 Å². The van der Waals surface area contributed by atoms with E-state index < -0.39 is 0 Å². The van der Waals surface area contributed by atoms with E-state index in [9.17, 15) is 4.79 Å². The molecule has 19 heavy (non-hydrogen) atoms. The first-order chi connectivity index (χ1) is 8.99. The number of aromatic nitrogens is 3. The Kier molecular flexibility index (Phi) is 3.85. The van der Waals surface area contributed by atoms with Gasteiger partial charge in [0.1, 0.15) is 5.69 Å². The highest BCUT2D eigenvalue weighted by atomic mass is 35.5. The predicted molar refractivity (Wildman–Crippen MR) is 73.1 cm³/mol. The molecule has 2 aromatic rings. The van der Waals surface area contributed by atoms with Crippen molar-refractivity contribution in [3.8, 4) is 0 Å². The molecule has 0 aliphatic heterocycles. The number of amides is 1. The lowest BCUT2D eigenvalue weighted by Crippen LogP contribution is -2.25. The van der Waals surface area contributed by atoms with Crippen LogP contribution in [0.15, 0.2) is 18.5 Å². The number of hydrogen-bond acceptors (Lipinski definition) is 3. The standard InChI is InChI=1S/C13H15ClN4O/c1-8-4-10(5-15-9(8)2)6-16-13(19)12-11(14)7-17-18(12)3/h4-5,7H,6H2,1-3H3,(H,16,19). The summed E-state index contributed by atoms with van der Waals surface area (Å²) in [7, 11) is 1.68. The minimum Gasteiger partial charge on any atom is -0.347 e. The van der Waals surface area contributed by atoms with Crippen molar-refractivity contribution in [2.24, 2.45) is 7.05 Å². The minimum absolute atomic E-state index is 0.247. The lowest BCUT2D eigenvalue weighted by Gasteiger charge is -2.07. The predicted octanol–water partition coefficient (Wildman–Crippen LogP) is 2.02. The van der Waals surface area contributed by atoms with Gasteiger partial charge in [0.15, 0.2) is 0 Å². The molecule has 1 amide bonds. The maximum Gasteiger partial charge on any atom is 0.271 e. The van der Waals surface area contributed by atoms with Crippen molar-refractivity contribution >= 4 is 17.5 Å². The Morgan fingerprint density at radius 1 is 1.42 bits per heavy atom. The highest BCUT2D eigenvalue weighted by molar-refractivity contribution is 6.33. The van der Waals surface area contributed by atoms with E-state index in [1.54, 1.807) is 13.2 Å². The lowest BCUT2D eigenvalue weighted by molar-refractivity contribution is 0.0941. The first-order valence-corrected chi connectivity index (χ1v) is 6.24. The summed E-state index contributed by atoms with van der Waals surface area (Å²) in [5.74, 6) is -0.247. The number of pyridine rings is 1. The summed E-state index contributed by atoms with van der Waals surface area (Å²) in [5.41, 5.74) is 3.41. The van der Waals surface area contributed by atoms with E-state index in [1.165, 1.54) is 10.9 Å². The van der Waals surface area contributed by atoms with E-state index in [4.69, 9.17) is 11.6 Å². The number of carbonyl (C=O) groups is 1. The van der Waals surface area contributed by atoms with Crippen LogP contribution in [0.5, 0.6) is 0 Å². The number of aryl methyl sites for hydroxylation is 3. The lowest BCUT2D eigenvalue weighted by atomic mass is 10.1. The second-order valence-corrected chi connectivity index (χ2v) is 4.80. The molecule has 0 bridgehead atoms. The van der Waals surface area contributed by atoms with E-state index in [-0.39, 0.29) is 5.91 Å². The molecule has 5 nitrogen and oxygen atoms in total. The summed E-state index contributed by atoms with van der Waals surface area (Å²) in [6.45, 7) is 4.35. The van der Waals surface area contributed by atoms with E-state index in [0.717, 1.165) is 16.8 Å². The van der Waals surface area contributed by atoms with Crippen LogP contribution in [0, 0.1) is 13.8 Å². The average molecular weight is 279 g/mol. The number of nitrogens with one attached hydrogen (secondary N) is 1. The number of halogens is 1. The van der Waals surface area contributed by atoms with Crippen molar-refractivity contribution in [2.45, 2.75) is 20.4 Å². The molecule has 0 unspecified atom stereocenters. The summed E-state index contributed by atoms with van der Waals surface area (Å²) in [4.78, 5) is 16.3. The van der Waals surface area contributed by atoms with Crippen LogP contribution >= 0.6 is 11.6 Å². The van der Waals surface area contributed by atoms with Crippen LogP contribution in [-0.2, 0) is 13.6 Å². The first-order valence-electron chi connectivity index (χ1n) is 5.87. The van der Waals surface area contributed by atoms with Crippen molar-refractivity contribution in [3.63, 3.8) is 0 Å². The van der Waals surface area contributed by atoms with E-state index in [2.05, 4.69) is 15.4 Å². The normalized spacial score (nSPS) is 10.5. The van der Waals surface area contributed by atoms with Gasteiger partial charge in [-0.1, -0.05) is 17.7 Å². The van der Waals surface area contributed by atoms with Crippen LogP contribution in [0.4, 0.5) is 0 Å². The third-order valence-electron chi connectivity index (χ3n) is 2.96. The molecule has 2 heterocycles. The fourth-order valence-corrected chi connectivity index (χ4v) is 1.98. The maximum atomic E-state index is 12.0. The molecule has 6 heteroatoms. The summed E-state index contributed by atoms with van der Waals surface area (Å²) in [6, 6.07) is 2.01. The third-order valence-corrected chi connectivity index (χ3v) is 3.24. The molecule has 0 radical (unpaired) electrons. The van der Waals surface area contributed by atoms with Gasteiger partial charge in [0.05, 0.1) is 11.2 Å². The molecule has 0 aliphatic carbocycles. The number of rotatable bonds is 3. The monoisotopic (exact) mass is 278 g/mol. The van der Waals surface area contributed by atoms with E-state index in [0.29, 0.717) is 17.3 Å². The fourth-order valence-electron chi connectivity index (χ4n) is 1.73. The van der Waals surface area contributed by atoms with Crippen molar-refractivity contribution < 1.29 is 4.79 Å². The molecule has 0 fully saturated rings. The smallest absolute Gasteiger partial charge is 0.271 e. The van der Waals surface area contributed by atoms with E-state index in [1.807, 2.05) is 19.9 Å². The summed E-state index contributed by atoms with van der Waals surface area (Å²) >= 11 is 5.91. The second-order valence-electron chi connectivity index (χ2n) is 4.39. The summed E-state index contributed by atoms with van der Waals surface area (Å²) < 4.78 is 1.45. The van der Waals surface area contributed by atoms with Crippen molar-refractivity contribution in [1.82, 2.24) is 20.1 Å². The molecular formula is C13H15ClN4O. The van der Waals surface area contributed by atoms with Gasteiger partial charge in [-0.25, -0.2) is 0 Å². The van der Waals surface area contributed by atoms with Crippen LogP contribution < -0.4 is 5.32 Å². The number of carbonyl (C=O) groups excluding carboxylic acids is 1. The van der Waals surface area contributed by atoms with Gasteiger partial charge in [-0.05, 0) is 25.0 Å². The highest BCUT2D eigenvalue weighted by Crippen LogP contribution is 2.14. The Bertz CT molecular complexity index is 602. The summed E-state index contributed by atoms with van der Waals surface area (Å²) in [6.07, 6.45) is 3.21. The van der Waals surface area contributed by atoms with Crippen molar-refractivity contribution in [2.75, 3.05) is 0 Å². The molecular weight excluding hydrogens is 264 g/mol. The van der Waals surface area contributed by atoms with Crippen LogP contribution in [0.3, 0.4) is 0 Å². The maximum absolute atomic E-state index is 12.0. The molecule has 0 aliphatic rings. The average Bonchev–Trinajstić information content (AvgIpc) is 2.70. The largest absolute Gasteiger partial charge is 0.347 e. The Morgan fingerprint density at radius 3 is 2.74 bits per heavy atom. The Hall–Kier alpha value is -1.88. The zero-order chi connectivity index (χ0) is 14.0. The Balaban J connectivity index is 2.06. The van der Waals surface area contributed by atoms with Crippen LogP contribution in [0.1, 0.15) is 27.3 Å². The van der Waals surface area contributed by atoms with Crippen molar-refractivity contribution in [3.05, 3.63) is 46.0 Å². The third kappa shape index (κ3) is 2.93. The molecule has 1 N–H and O–H groups in total. The highest BCUT2D eigenvalue weighted by Gasteiger charge is 2.15. The second kappa shape index (κ2) is 5.40. The SMILES string of the molecule is Cc1cc(CNC(=O)c2c(Cl)cnn2C)cnc1C. The quantitative estimate of drug-likeness (QED) is 0.934. The van der Waals surface area contributed by atoms with Crippen LogP contribution in [-0.4, -0.2) is 20.7 Å². The molecule has 0 atom stereocenters. The van der Waals surface area contributed by atoms with Gasteiger partial charge < -0.3 is 5.32 Å². The molecule has 0 aromatic carbocycles. The Morgan fingerprint density at radius 2 is 2.16 bits per heavy atom. The zero-order valence-electron chi connectivity index (χ0n) is 11.1. The zero-order valence-corrected chi connectivity index (χ0v) is 11.8. The van der Waals surface area contributed by atoms with Crippen LogP contribution in [0.25, 0.3) is 0 Å². The fraction of sp³-hybridized carbons (Fsp3) is 0.308. The van der Waals surface area contributed by atoms with Gasteiger partial charge in [0.25, 0.3) is 5.91 Å². The number of hydrogen-bond donors (Lipinski definition) is 1. The molecule has 0 spiro atoms. The van der Waals surface area contributed by atoms with E-state index >= 15 is 0 Å². The first kappa shape index (κ1) is 13.5. The molecule has 100 valence electrons.